The highest BCUT2D eigenvalue weighted by Crippen LogP contribution is 2.39. The Balaban J connectivity index is 0.00000323. The Morgan fingerprint density at radius 3 is 2.54 bits per heavy atom. The van der Waals surface area contributed by atoms with Crippen molar-refractivity contribution in [2.75, 3.05) is 49.2 Å². The molecule has 1 fully saturated rings. The number of hydrogen-bond donors (Lipinski definition) is 4. The van der Waals surface area contributed by atoms with Crippen LogP contribution < -0.4 is 14.8 Å². The van der Waals surface area contributed by atoms with Crippen LogP contribution >= 0.6 is 10.8 Å². The summed E-state index contributed by atoms with van der Waals surface area (Å²) in [4.78, 5) is 49.6. The van der Waals surface area contributed by atoms with E-state index < -0.39 is 16.2 Å². The molecule has 0 bridgehead atoms. The van der Waals surface area contributed by atoms with Gasteiger partial charge in [-0.25, -0.2) is 19.9 Å². The molecule has 41 heavy (non-hydrogen) atoms. The summed E-state index contributed by atoms with van der Waals surface area (Å²) in [6.45, 7) is 4.49. The number of anilines is 2. The zero-order valence-corrected chi connectivity index (χ0v) is 23.9. The van der Waals surface area contributed by atoms with Crippen LogP contribution in [0.2, 0.25) is 0 Å². The lowest BCUT2D eigenvalue weighted by molar-refractivity contribution is -0.138. The number of methoxy groups -OCH3 is 1. The quantitative estimate of drug-likeness (QED) is 0.255. The van der Waals surface area contributed by atoms with Gasteiger partial charge in [-0.2, -0.15) is 0 Å². The smallest absolute Gasteiger partial charge is 0.248 e. The molecule has 0 atom stereocenters. The number of amides is 2. The Morgan fingerprint density at radius 1 is 1.10 bits per heavy atom. The van der Waals surface area contributed by atoms with Crippen LogP contribution in [0.25, 0.3) is 11.3 Å². The third kappa shape index (κ3) is 7.24. The summed E-state index contributed by atoms with van der Waals surface area (Å²) in [6.07, 6.45) is 6.70. The molecule has 4 heterocycles. The van der Waals surface area contributed by atoms with E-state index in [4.69, 9.17) is 9.47 Å². The van der Waals surface area contributed by atoms with E-state index >= 15 is 0 Å². The summed E-state index contributed by atoms with van der Waals surface area (Å²) < 4.78 is 33.2. The van der Waals surface area contributed by atoms with Crippen LogP contribution in [0.4, 0.5) is 11.8 Å². The van der Waals surface area contributed by atoms with Gasteiger partial charge in [0.2, 0.25) is 23.6 Å². The minimum Gasteiger partial charge on any atom is -0.477 e. The van der Waals surface area contributed by atoms with Crippen LogP contribution in [0.3, 0.4) is 0 Å². The maximum absolute atomic E-state index is 13.9. The molecular formula is C26H38N8O6S. The summed E-state index contributed by atoms with van der Waals surface area (Å²) in [7, 11) is -1.68. The predicted molar refractivity (Wildman–Crippen MR) is 158 cm³/mol. The molecule has 1 saturated heterocycles. The second kappa shape index (κ2) is 13.2. The van der Waals surface area contributed by atoms with Crippen LogP contribution in [0.1, 0.15) is 35.2 Å². The molecule has 224 valence electrons. The molecule has 1 aliphatic heterocycles. The highest BCUT2D eigenvalue weighted by Gasteiger charge is 2.45. The van der Waals surface area contributed by atoms with Gasteiger partial charge in [-0.1, -0.05) is 0 Å². The zero-order valence-electron chi connectivity index (χ0n) is 23.1. The number of ether oxygens (including phenoxy) is 2. The third-order valence-corrected chi connectivity index (χ3v) is 8.00. The van der Waals surface area contributed by atoms with Crippen molar-refractivity contribution in [3.05, 3.63) is 48.7 Å². The van der Waals surface area contributed by atoms with Crippen LogP contribution in [0.15, 0.2) is 43.0 Å². The number of likely N-dealkylation sites (tertiary alicyclic amines) is 1. The molecule has 0 saturated carbocycles. The first-order valence-electron chi connectivity index (χ1n) is 13.1. The van der Waals surface area contributed by atoms with Crippen LogP contribution in [0.5, 0.6) is 5.88 Å². The summed E-state index contributed by atoms with van der Waals surface area (Å²) in [5, 5.41) is 2.90. The largest absolute Gasteiger partial charge is 0.477 e. The first-order valence-corrected chi connectivity index (χ1v) is 14.8. The summed E-state index contributed by atoms with van der Waals surface area (Å²) in [6, 6.07) is 5.05. The zero-order chi connectivity index (χ0) is 29.5. The van der Waals surface area contributed by atoms with Gasteiger partial charge in [0.05, 0.1) is 41.6 Å². The van der Waals surface area contributed by atoms with Gasteiger partial charge in [-0.05, 0) is 44.9 Å². The molecule has 0 radical (unpaired) electrons. The molecule has 0 spiro atoms. The van der Waals surface area contributed by atoms with Crippen molar-refractivity contribution in [3.63, 3.8) is 0 Å². The van der Waals surface area contributed by atoms with Crippen molar-refractivity contribution < 1.29 is 31.0 Å². The normalized spacial score (nSPS) is 15.2. The molecule has 2 amide bonds. The average molecular weight is 591 g/mol. The lowest BCUT2D eigenvalue weighted by Gasteiger charge is -2.40. The molecule has 4 N–H and O–H groups in total. The fourth-order valence-electron chi connectivity index (χ4n) is 4.40. The predicted octanol–water partition coefficient (Wildman–Crippen LogP) is 3.46. The highest BCUT2D eigenvalue weighted by atomic mass is 32.3. The maximum atomic E-state index is 13.9. The third-order valence-electron chi connectivity index (χ3n) is 6.68. The van der Waals surface area contributed by atoms with E-state index in [0.29, 0.717) is 48.3 Å². The number of piperidine rings is 1. The number of pyridine rings is 1. The average Bonchev–Trinajstić information content (AvgIpc) is 2.98. The molecule has 3 aromatic rings. The van der Waals surface area contributed by atoms with Crippen LogP contribution in [-0.4, -0.2) is 89.9 Å². The summed E-state index contributed by atoms with van der Waals surface area (Å²) in [5.74, 6) is 0.244. The molecular weight excluding hydrogens is 552 g/mol. The maximum Gasteiger partial charge on any atom is 0.248 e. The van der Waals surface area contributed by atoms with Crippen molar-refractivity contribution in [2.45, 2.75) is 32.1 Å². The van der Waals surface area contributed by atoms with Gasteiger partial charge < -0.3 is 19.7 Å². The van der Waals surface area contributed by atoms with Crippen molar-refractivity contribution in [2.24, 2.45) is 0 Å². The number of nitrogens with one attached hydrogen (secondary N) is 2. The van der Waals surface area contributed by atoms with Crippen molar-refractivity contribution in [1.29, 1.82) is 0 Å². The SMILES string of the molecule is CCOc1cncc(-c2ccc(NC(=O)C3(c4ccnc(NS(O)(O)CC)n4)CCN(C(=O)COC)CC3)nc2)n1.[HH].[HH]. The van der Waals surface area contributed by atoms with Crippen molar-refractivity contribution in [1.82, 2.24) is 29.8 Å². The Morgan fingerprint density at radius 2 is 1.88 bits per heavy atom. The molecule has 4 rings (SSSR count). The van der Waals surface area contributed by atoms with E-state index in [0.717, 1.165) is 0 Å². The molecule has 0 unspecified atom stereocenters. The molecule has 0 aliphatic carbocycles. The minimum atomic E-state index is -3.14. The number of hydrogen-bond acceptors (Lipinski definition) is 12. The number of carbonyl (C=O) groups is 2. The number of aromatic nitrogens is 5. The number of nitrogens with zero attached hydrogens (tertiary/aromatic N) is 6. The first-order chi connectivity index (χ1) is 19.7. The van der Waals surface area contributed by atoms with Gasteiger partial charge in [-0.15, -0.1) is 10.8 Å². The highest BCUT2D eigenvalue weighted by molar-refractivity contribution is 8.25. The van der Waals surface area contributed by atoms with E-state index in [-0.39, 0.29) is 45.8 Å². The molecule has 14 nitrogen and oxygen atoms in total. The minimum absolute atomic E-state index is 0. The van der Waals surface area contributed by atoms with E-state index in [1.165, 1.54) is 19.5 Å². The van der Waals surface area contributed by atoms with E-state index in [1.807, 2.05) is 6.92 Å². The van der Waals surface area contributed by atoms with E-state index in [9.17, 15) is 18.7 Å². The lowest BCUT2D eigenvalue weighted by Crippen LogP contribution is -2.52. The van der Waals surface area contributed by atoms with E-state index in [1.54, 1.807) is 42.4 Å². The number of rotatable bonds is 11. The second-order valence-corrected chi connectivity index (χ2v) is 11.4. The van der Waals surface area contributed by atoms with Crippen molar-refractivity contribution >= 4 is 34.4 Å². The summed E-state index contributed by atoms with van der Waals surface area (Å²) >= 11 is 0. The molecule has 15 heteroatoms. The molecule has 1 aliphatic rings. The van der Waals surface area contributed by atoms with Crippen LogP contribution in [-0.2, 0) is 19.7 Å². The monoisotopic (exact) mass is 590 g/mol. The van der Waals surface area contributed by atoms with Gasteiger partial charge in [0.1, 0.15) is 12.4 Å². The molecule has 3 aromatic heterocycles. The van der Waals surface area contributed by atoms with Crippen molar-refractivity contribution in [3.8, 4) is 17.1 Å². The number of carbonyl (C=O) groups excluding carboxylic acids is 2. The van der Waals surface area contributed by atoms with E-state index in [2.05, 4.69) is 35.0 Å². The first kappa shape index (κ1) is 30.0. The van der Waals surface area contributed by atoms with Gasteiger partial charge in [0.15, 0.2) is 0 Å². The van der Waals surface area contributed by atoms with Crippen LogP contribution in [0, 0.1) is 0 Å². The Labute approximate surface area is 242 Å². The Hall–Kier alpha value is -3.92. The molecule has 0 aromatic carbocycles. The van der Waals surface area contributed by atoms with Gasteiger partial charge in [0, 0.05) is 41.0 Å². The second-order valence-electron chi connectivity index (χ2n) is 9.28. The fourth-order valence-corrected chi connectivity index (χ4v) is 4.94. The Kier molecular flexibility index (Phi) is 9.65. The topological polar surface area (TPSA) is 185 Å². The van der Waals surface area contributed by atoms with Gasteiger partial charge in [-0.3, -0.25) is 28.4 Å². The lowest BCUT2D eigenvalue weighted by atomic mass is 9.74. The Bertz CT molecular complexity index is 1360. The summed E-state index contributed by atoms with van der Waals surface area (Å²) in [5.41, 5.74) is 0.510. The standard InChI is InChI=1S/C26H34N8O6S.2H2/c1-4-40-22-16-27-15-19(30-22)18-6-7-21(29-14-18)32-24(36)26(9-12-34(13-10-26)23(35)17-39-3)20-8-11-28-25(31-20)33-41(37,38)5-2;;/h6-8,11,14-16,37-38H,4-5,9-10,12-13,17H2,1-3H3,(H,28,31,33)(H,29,32,36);2*1H. The van der Waals surface area contributed by atoms with Gasteiger partial charge in [0.25, 0.3) is 0 Å². The van der Waals surface area contributed by atoms with Gasteiger partial charge >= 0.3 is 0 Å². The fraction of sp³-hybridized carbons (Fsp3) is 0.423.